The molecule has 0 spiro atoms. The fourth-order valence-electron chi connectivity index (χ4n) is 1.30. The van der Waals surface area contributed by atoms with Gasteiger partial charge in [0.1, 0.15) is 0 Å². The molecule has 0 aromatic heterocycles. The van der Waals surface area contributed by atoms with Gasteiger partial charge in [0.25, 0.3) is 5.91 Å². The van der Waals surface area contributed by atoms with E-state index in [0.717, 1.165) is 0 Å². The van der Waals surface area contributed by atoms with Crippen LogP contribution in [0.25, 0.3) is 0 Å². The fraction of sp³-hybridized carbons (Fsp3) is 0.333. The molecule has 1 rings (SSSR count). The van der Waals surface area contributed by atoms with Crippen LogP contribution in [0.2, 0.25) is 0 Å². The van der Waals surface area contributed by atoms with Gasteiger partial charge in [0, 0.05) is 18.1 Å². The maximum atomic E-state index is 11.9. The number of rotatable bonds is 7. The van der Waals surface area contributed by atoms with Crippen molar-refractivity contribution in [2.24, 2.45) is 0 Å². The van der Waals surface area contributed by atoms with E-state index < -0.39 is 21.9 Å². The van der Waals surface area contributed by atoms with Gasteiger partial charge in [0.2, 0.25) is 10.0 Å². The summed E-state index contributed by atoms with van der Waals surface area (Å²) < 4.78 is 31.4. The molecule has 0 fully saturated rings. The molecule has 0 atom stereocenters. The zero-order valence-corrected chi connectivity index (χ0v) is 13.7. The van der Waals surface area contributed by atoms with Crippen LogP contribution >= 0.6 is 15.9 Å². The summed E-state index contributed by atoms with van der Waals surface area (Å²) in [5.74, 6) is -1.09. The second kappa shape index (κ2) is 8.11. The molecule has 21 heavy (non-hydrogen) atoms. The summed E-state index contributed by atoms with van der Waals surface area (Å²) in [6.45, 7) is -0.491. The number of sulfonamides is 1. The number of esters is 1. The van der Waals surface area contributed by atoms with Crippen molar-refractivity contribution in [2.75, 3.05) is 20.2 Å². The first-order valence-corrected chi connectivity index (χ1v) is 8.24. The summed E-state index contributed by atoms with van der Waals surface area (Å²) in [4.78, 5) is 22.3. The van der Waals surface area contributed by atoms with E-state index in [9.17, 15) is 18.0 Å². The normalized spacial score (nSPS) is 11.0. The molecule has 0 aliphatic heterocycles. The minimum absolute atomic E-state index is 0.0932. The van der Waals surface area contributed by atoms with Gasteiger partial charge < -0.3 is 10.1 Å². The zero-order chi connectivity index (χ0) is 15.9. The Morgan fingerprint density at radius 1 is 1.33 bits per heavy atom. The first kappa shape index (κ1) is 17.6. The van der Waals surface area contributed by atoms with Crippen LogP contribution in [0.15, 0.2) is 33.6 Å². The standard InChI is InChI=1S/C12H15BrN2O5S/c1-14-11(16)8-20-12(17)5-6-15-21(18,19)10-4-2-3-9(13)7-10/h2-4,7,15H,5-6,8H2,1H3,(H,14,16). The van der Waals surface area contributed by atoms with E-state index >= 15 is 0 Å². The van der Waals surface area contributed by atoms with Gasteiger partial charge in [-0.1, -0.05) is 22.0 Å². The van der Waals surface area contributed by atoms with Crippen molar-refractivity contribution in [1.82, 2.24) is 10.0 Å². The Kier molecular flexibility index (Phi) is 6.79. The van der Waals surface area contributed by atoms with Crippen LogP contribution in [0, 0.1) is 0 Å². The number of hydrogen-bond acceptors (Lipinski definition) is 5. The van der Waals surface area contributed by atoms with E-state index in [4.69, 9.17) is 0 Å². The van der Waals surface area contributed by atoms with E-state index in [1.54, 1.807) is 12.1 Å². The number of halogens is 1. The van der Waals surface area contributed by atoms with E-state index in [1.165, 1.54) is 19.2 Å². The van der Waals surface area contributed by atoms with Crippen LogP contribution in [0.1, 0.15) is 6.42 Å². The second-order valence-corrected chi connectivity index (χ2v) is 6.62. The number of benzene rings is 1. The molecule has 0 radical (unpaired) electrons. The Balaban J connectivity index is 2.44. The van der Waals surface area contributed by atoms with Crippen LogP contribution in [-0.2, 0) is 24.3 Å². The molecule has 0 saturated carbocycles. The van der Waals surface area contributed by atoms with E-state index in [2.05, 4.69) is 30.7 Å². The number of nitrogens with one attached hydrogen (secondary N) is 2. The molecular weight excluding hydrogens is 364 g/mol. The molecule has 0 unspecified atom stereocenters. The summed E-state index contributed by atoms with van der Waals surface area (Å²) in [5, 5.41) is 2.30. The minimum atomic E-state index is -3.68. The highest BCUT2D eigenvalue weighted by Gasteiger charge is 2.15. The lowest BCUT2D eigenvalue weighted by molar-refractivity contribution is -0.148. The number of ether oxygens (including phenoxy) is 1. The molecule has 9 heteroatoms. The van der Waals surface area contributed by atoms with Crippen LogP contribution in [-0.4, -0.2) is 40.5 Å². The predicted molar refractivity (Wildman–Crippen MR) is 79.0 cm³/mol. The summed E-state index contributed by atoms with van der Waals surface area (Å²) in [5.41, 5.74) is 0. The van der Waals surface area contributed by atoms with Gasteiger partial charge in [0.05, 0.1) is 11.3 Å². The summed E-state index contributed by atoms with van der Waals surface area (Å²) >= 11 is 3.18. The average molecular weight is 379 g/mol. The molecule has 0 saturated heterocycles. The highest BCUT2D eigenvalue weighted by Crippen LogP contribution is 2.15. The van der Waals surface area contributed by atoms with Crippen molar-refractivity contribution in [1.29, 1.82) is 0 Å². The van der Waals surface area contributed by atoms with Gasteiger partial charge in [-0.25, -0.2) is 13.1 Å². The minimum Gasteiger partial charge on any atom is -0.456 e. The predicted octanol–water partition coefficient (Wildman–Crippen LogP) is 0.407. The van der Waals surface area contributed by atoms with Gasteiger partial charge in [-0.3, -0.25) is 9.59 Å². The number of carbonyl (C=O) groups is 2. The Hall–Kier alpha value is -1.45. The molecule has 1 aromatic rings. The van der Waals surface area contributed by atoms with Gasteiger partial charge in [-0.15, -0.1) is 0 Å². The average Bonchev–Trinajstić information content (AvgIpc) is 2.44. The molecule has 0 heterocycles. The summed E-state index contributed by atoms with van der Waals surface area (Å²) in [6.07, 6.45) is -0.162. The fourth-order valence-corrected chi connectivity index (χ4v) is 2.92. The molecule has 116 valence electrons. The Labute approximate surface area is 131 Å². The SMILES string of the molecule is CNC(=O)COC(=O)CCNS(=O)(=O)c1cccc(Br)c1. The van der Waals surface area contributed by atoms with Gasteiger partial charge >= 0.3 is 5.97 Å². The number of amides is 1. The molecule has 2 N–H and O–H groups in total. The van der Waals surface area contributed by atoms with Crippen molar-refractivity contribution >= 4 is 37.8 Å². The van der Waals surface area contributed by atoms with Crippen LogP contribution in [0.4, 0.5) is 0 Å². The summed E-state index contributed by atoms with van der Waals surface area (Å²) in [7, 11) is -2.26. The van der Waals surface area contributed by atoms with Crippen LogP contribution in [0.5, 0.6) is 0 Å². The Morgan fingerprint density at radius 2 is 2.05 bits per heavy atom. The first-order valence-electron chi connectivity index (χ1n) is 5.96. The lowest BCUT2D eigenvalue weighted by atomic mass is 10.4. The van der Waals surface area contributed by atoms with Crippen molar-refractivity contribution in [3.8, 4) is 0 Å². The van der Waals surface area contributed by atoms with E-state index in [1.807, 2.05) is 0 Å². The van der Waals surface area contributed by atoms with Crippen molar-refractivity contribution < 1.29 is 22.7 Å². The number of carbonyl (C=O) groups excluding carboxylic acids is 2. The molecule has 0 bridgehead atoms. The lowest BCUT2D eigenvalue weighted by Crippen LogP contribution is -2.28. The molecule has 1 amide bonds. The lowest BCUT2D eigenvalue weighted by Gasteiger charge is -2.07. The molecule has 7 nitrogen and oxygen atoms in total. The third kappa shape index (κ3) is 6.23. The smallest absolute Gasteiger partial charge is 0.307 e. The molecule has 0 aliphatic carbocycles. The number of likely N-dealkylation sites (N-methyl/N-ethyl adjacent to an activating group) is 1. The molecule has 0 aliphatic rings. The van der Waals surface area contributed by atoms with Crippen molar-refractivity contribution in [2.45, 2.75) is 11.3 Å². The summed E-state index contributed by atoms with van der Waals surface area (Å²) in [6, 6.07) is 6.19. The quantitative estimate of drug-likeness (QED) is 0.669. The number of hydrogen-bond donors (Lipinski definition) is 2. The van der Waals surface area contributed by atoms with E-state index in [0.29, 0.717) is 4.47 Å². The first-order chi connectivity index (χ1) is 9.85. The topological polar surface area (TPSA) is 102 Å². The largest absolute Gasteiger partial charge is 0.456 e. The van der Waals surface area contributed by atoms with Gasteiger partial charge in [-0.2, -0.15) is 0 Å². The van der Waals surface area contributed by atoms with Crippen LogP contribution in [0.3, 0.4) is 0 Å². The van der Waals surface area contributed by atoms with Crippen molar-refractivity contribution in [3.63, 3.8) is 0 Å². The van der Waals surface area contributed by atoms with Gasteiger partial charge in [-0.05, 0) is 18.2 Å². The maximum absolute atomic E-state index is 11.9. The highest BCUT2D eigenvalue weighted by molar-refractivity contribution is 9.10. The third-order valence-electron chi connectivity index (χ3n) is 2.37. The molecule has 1 aromatic carbocycles. The van der Waals surface area contributed by atoms with Crippen LogP contribution < -0.4 is 10.0 Å². The zero-order valence-electron chi connectivity index (χ0n) is 11.3. The Morgan fingerprint density at radius 3 is 2.67 bits per heavy atom. The van der Waals surface area contributed by atoms with Gasteiger partial charge in [0.15, 0.2) is 6.61 Å². The van der Waals surface area contributed by atoms with Crippen molar-refractivity contribution in [3.05, 3.63) is 28.7 Å². The monoisotopic (exact) mass is 378 g/mol. The maximum Gasteiger partial charge on any atom is 0.307 e. The Bertz CT molecular complexity index is 618. The molecular formula is C12H15BrN2O5S. The third-order valence-corrected chi connectivity index (χ3v) is 4.32. The van der Waals surface area contributed by atoms with E-state index in [-0.39, 0.29) is 24.5 Å². The second-order valence-electron chi connectivity index (χ2n) is 3.94. The highest BCUT2D eigenvalue weighted by atomic mass is 79.9.